The van der Waals surface area contributed by atoms with E-state index in [2.05, 4.69) is 10.6 Å². The van der Waals surface area contributed by atoms with E-state index in [0.29, 0.717) is 5.56 Å². The van der Waals surface area contributed by atoms with E-state index in [-0.39, 0.29) is 0 Å². The lowest BCUT2D eigenvalue weighted by Gasteiger charge is -2.05. The van der Waals surface area contributed by atoms with Crippen molar-refractivity contribution < 1.29 is 4.79 Å². The van der Waals surface area contributed by atoms with E-state index in [1.54, 1.807) is 12.1 Å². The molecule has 3 nitrogen and oxygen atoms in total. The van der Waals surface area contributed by atoms with Gasteiger partial charge in [0.25, 0.3) is 0 Å². The van der Waals surface area contributed by atoms with Crippen LogP contribution in [0.25, 0.3) is 16.6 Å². The topological polar surface area (TPSA) is 48.0 Å². The Labute approximate surface area is 104 Å². The maximum Gasteiger partial charge on any atom is 0.248 e. The molecule has 1 radical (unpaired) electrons. The van der Waals surface area contributed by atoms with Gasteiger partial charge in [-0.25, -0.2) is 0 Å². The van der Waals surface area contributed by atoms with Gasteiger partial charge >= 0.3 is 0 Å². The van der Waals surface area contributed by atoms with Gasteiger partial charge in [-0.15, -0.1) is 0 Å². The number of rotatable bonds is 2. The number of nitrogens with two attached hydrogens (primary N) is 1. The molecule has 0 fully saturated rings. The average Bonchev–Trinajstić information content (AvgIpc) is 2.82. The lowest BCUT2D eigenvalue weighted by Crippen LogP contribution is -2.10. The first-order valence-electron chi connectivity index (χ1n) is 5.63. The van der Waals surface area contributed by atoms with Crippen molar-refractivity contribution in [2.45, 2.75) is 0 Å². The lowest BCUT2D eigenvalue weighted by atomic mass is 10.2. The second kappa shape index (κ2) is 4.04. The third-order valence-corrected chi connectivity index (χ3v) is 2.97. The third-order valence-electron chi connectivity index (χ3n) is 2.97. The van der Waals surface area contributed by atoms with E-state index in [0.717, 1.165) is 16.6 Å². The van der Waals surface area contributed by atoms with Gasteiger partial charge in [0.2, 0.25) is 5.91 Å². The summed E-state index contributed by atoms with van der Waals surface area (Å²) in [6, 6.07) is 18.2. The minimum atomic E-state index is -0.410. The zero-order valence-electron chi connectivity index (χ0n) is 9.63. The Kier molecular flexibility index (Phi) is 2.38. The molecule has 0 aliphatic rings. The Hall–Kier alpha value is -2.55. The van der Waals surface area contributed by atoms with E-state index in [1.807, 2.05) is 42.6 Å². The van der Waals surface area contributed by atoms with E-state index < -0.39 is 5.91 Å². The van der Waals surface area contributed by atoms with Crippen molar-refractivity contribution >= 4 is 16.8 Å². The highest BCUT2D eigenvalue weighted by atomic mass is 16.1. The SMILES string of the molecule is NC(=O)c1ccc(-n2ccc3cc[c]cc32)cc1. The molecule has 0 atom stereocenters. The quantitative estimate of drug-likeness (QED) is 0.729. The first-order valence-corrected chi connectivity index (χ1v) is 5.63. The number of carbonyl (C=O) groups is 1. The first kappa shape index (κ1) is 10.6. The van der Waals surface area contributed by atoms with Crippen LogP contribution in [0, 0.1) is 6.07 Å². The monoisotopic (exact) mass is 235 g/mol. The third kappa shape index (κ3) is 1.66. The Morgan fingerprint density at radius 2 is 1.89 bits per heavy atom. The summed E-state index contributed by atoms with van der Waals surface area (Å²) in [6.45, 7) is 0. The van der Waals surface area contributed by atoms with Crippen LogP contribution in [0.5, 0.6) is 0 Å². The molecule has 1 heterocycles. The van der Waals surface area contributed by atoms with Crippen molar-refractivity contribution in [2.75, 3.05) is 0 Å². The number of benzene rings is 2. The summed E-state index contributed by atoms with van der Waals surface area (Å²) in [5.41, 5.74) is 7.82. The smallest absolute Gasteiger partial charge is 0.248 e. The molecule has 0 bridgehead atoms. The lowest BCUT2D eigenvalue weighted by molar-refractivity contribution is 0.100. The van der Waals surface area contributed by atoms with Gasteiger partial charge in [-0.05, 0) is 47.9 Å². The maximum atomic E-state index is 11.0. The number of fused-ring (bicyclic) bond motifs is 1. The van der Waals surface area contributed by atoms with Crippen LogP contribution in [0.3, 0.4) is 0 Å². The van der Waals surface area contributed by atoms with E-state index in [9.17, 15) is 4.79 Å². The molecule has 3 heteroatoms. The summed E-state index contributed by atoms with van der Waals surface area (Å²) >= 11 is 0. The molecule has 0 saturated heterocycles. The molecule has 0 spiro atoms. The highest BCUT2D eigenvalue weighted by molar-refractivity contribution is 5.93. The zero-order valence-corrected chi connectivity index (χ0v) is 9.63. The normalized spacial score (nSPS) is 10.7. The van der Waals surface area contributed by atoms with Gasteiger partial charge in [-0.2, -0.15) is 0 Å². The molecule has 0 unspecified atom stereocenters. The van der Waals surface area contributed by atoms with Gasteiger partial charge in [0.05, 0.1) is 5.52 Å². The van der Waals surface area contributed by atoms with Crippen molar-refractivity contribution in [1.29, 1.82) is 0 Å². The van der Waals surface area contributed by atoms with Gasteiger partial charge in [-0.3, -0.25) is 4.79 Å². The zero-order chi connectivity index (χ0) is 12.5. The van der Waals surface area contributed by atoms with Gasteiger partial charge in [-0.1, -0.05) is 12.1 Å². The predicted molar refractivity (Wildman–Crippen MR) is 70.6 cm³/mol. The number of amides is 1. The van der Waals surface area contributed by atoms with Gasteiger partial charge in [0.15, 0.2) is 0 Å². The fourth-order valence-electron chi connectivity index (χ4n) is 2.03. The molecule has 3 rings (SSSR count). The summed E-state index contributed by atoms with van der Waals surface area (Å²) in [6.07, 6.45) is 2.00. The van der Waals surface area contributed by atoms with Crippen LogP contribution >= 0.6 is 0 Å². The van der Waals surface area contributed by atoms with Crippen LogP contribution in [0.2, 0.25) is 0 Å². The molecule has 18 heavy (non-hydrogen) atoms. The van der Waals surface area contributed by atoms with Crippen LogP contribution in [0.15, 0.2) is 54.7 Å². The summed E-state index contributed by atoms with van der Waals surface area (Å²) in [5, 5.41) is 1.16. The largest absolute Gasteiger partial charge is 0.366 e. The Morgan fingerprint density at radius 1 is 1.11 bits per heavy atom. The van der Waals surface area contributed by atoms with Crippen LogP contribution in [0.4, 0.5) is 0 Å². The fraction of sp³-hybridized carbons (Fsp3) is 0. The van der Waals surface area contributed by atoms with Crippen molar-refractivity contribution in [1.82, 2.24) is 4.57 Å². The standard InChI is InChI=1S/C15H11N2O/c16-15(18)12-5-7-13(8-6-12)17-10-9-11-3-1-2-4-14(11)17/h1,3-10H,(H2,16,18). The molecule has 2 aromatic carbocycles. The minimum absolute atomic E-state index is 0.410. The van der Waals surface area contributed by atoms with Gasteiger partial charge in [0, 0.05) is 17.4 Å². The Bertz CT molecular complexity index is 711. The second-order valence-corrected chi connectivity index (χ2v) is 4.08. The van der Waals surface area contributed by atoms with Crippen molar-refractivity contribution in [3.05, 3.63) is 66.4 Å². The van der Waals surface area contributed by atoms with E-state index in [4.69, 9.17) is 5.73 Å². The van der Waals surface area contributed by atoms with Crippen LogP contribution in [0.1, 0.15) is 10.4 Å². The van der Waals surface area contributed by atoms with E-state index in [1.165, 1.54) is 0 Å². The highest BCUT2D eigenvalue weighted by Gasteiger charge is 2.04. The molecule has 87 valence electrons. The van der Waals surface area contributed by atoms with Crippen molar-refractivity contribution in [2.24, 2.45) is 5.73 Å². The minimum Gasteiger partial charge on any atom is -0.366 e. The molecule has 0 aliphatic carbocycles. The van der Waals surface area contributed by atoms with E-state index >= 15 is 0 Å². The number of aromatic nitrogens is 1. The Balaban J connectivity index is 2.12. The molecule has 0 aliphatic heterocycles. The molecule has 3 aromatic rings. The fourth-order valence-corrected chi connectivity index (χ4v) is 2.03. The predicted octanol–water partition coefficient (Wildman–Crippen LogP) is 2.53. The first-order chi connectivity index (χ1) is 8.75. The van der Waals surface area contributed by atoms with Crippen LogP contribution in [-0.4, -0.2) is 10.5 Å². The molecular weight excluding hydrogens is 224 g/mol. The summed E-state index contributed by atoms with van der Waals surface area (Å²) in [5.74, 6) is -0.410. The van der Waals surface area contributed by atoms with Gasteiger partial charge in [0.1, 0.15) is 0 Å². The van der Waals surface area contributed by atoms with Gasteiger partial charge < -0.3 is 10.3 Å². The van der Waals surface area contributed by atoms with Crippen LogP contribution < -0.4 is 5.73 Å². The molecular formula is C15H11N2O. The number of hydrogen-bond acceptors (Lipinski definition) is 1. The van der Waals surface area contributed by atoms with Crippen LogP contribution in [-0.2, 0) is 0 Å². The molecule has 1 aromatic heterocycles. The van der Waals surface area contributed by atoms with Crippen molar-refractivity contribution in [3.8, 4) is 5.69 Å². The molecule has 2 N–H and O–H groups in total. The summed E-state index contributed by atoms with van der Waals surface area (Å²) in [4.78, 5) is 11.0. The molecule has 1 amide bonds. The number of primary amides is 1. The highest BCUT2D eigenvalue weighted by Crippen LogP contribution is 2.20. The summed E-state index contributed by atoms with van der Waals surface area (Å²) < 4.78 is 2.05. The number of carbonyl (C=O) groups excluding carboxylic acids is 1. The summed E-state index contributed by atoms with van der Waals surface area (Å²) in [7, 11) is 0. The molecule has 0 saturated carbocycles. The number of nitrogens with zero attached hydrogens (tertiary/aromatic N) is 1. The van der Waals surface area contributed by atoms with Crippen molar-refractivity contribution in [3.63, 3.8) is 0 Å². The maximum absolute atomic E-state index is 11.0. The second-order valence-electron chi connectivity index (χ2n) is 4.08. The number of hydrogen-bond donors (Lipinski definition) is 1. The average molecular weight is 235 g/mol. The Morgan fingerprint density at radius 3 is 2.61 bits per heavy atom.